The zero-order valence-electron chi connectivity index (χ0n) is 14.1. The number of pyridine rings is 1. The van der Waals surface area contributed by atoms with Crippen molar-refractivity contribution in [3.8, 4) is 5.75 Å². The molecule has 0 saturated heterocycles. The molecule has 0 amide bonds. The van der Waals surface area contributed by atoms with Gasteiger partial charge in [0.1, 0.15) is 11.4 Å². The van der Waals surface area contributed by atoms with Crippen LogP contribution in [0, 0.1) is 0 Å². The number of nitrogens with zero attached hydrogens (tertiary/aromatic N) is 1. The van der Waals surface area contributed by atoms with Crippen LogP contribution in [0.1, 0.15) is 35.6 Å². The van der Waals surface area contributed by atoms with Crippen molar-refractivity contribution in [1.82, 2.24) is 4.98 Å². The molecule has 5 rings (SSSR count). The van der Waals surface area contributed by atoms with E-state index in [1.54, 1.807) is 6.20 Å². The molecule has 1 fully saturated rings. The molecule has 3 unspecified atom stereocenters. The molecule has 3 atom stereocenters. The Balaban J connectivity index is 1.77. The molecular weight excluding hydrogens is 390 g/mol. The summed E-state index contributed by atoms with van der Waals surface area (Å²) < 4.78 is 7.59. The number of hydrogen-bond acceptors (Lipinski definition) is 3. The first kappa shape index (κ1) is 16.0. The van der Waals surface area contributed by atoms with Gasteiger partial charge in [0.15, 0.2) is 11.2 Å². The summed E-state index contributed by atoms with van der Waals surface area (Å²) in [4.78, 5) is 4.51. The number of benzene rings is 2. The molecule has 4 heteroatoms. The van der Waals surface area contributed by atoms with E-state index in [-0.39, 0.29) is 5.92 Å². The van der Waals surface area contributed by atoms with Crippen LogP contribution in [0.2, 0.25) is 0 Å². The van der Waals surface area contributed by atoms with E-state index in [4.69, 9.17) is 4.74 Å². The molecule has 0 spiro atoms. The molecular formula is C22H18BrNO2. The van der Waals surface area contributed by atoms with Gasteiger partial charge in [-0.25, -0.2) is 0 Å². The van der Waals surface area contributed by atoms with Gasteiger partial charge >= 0.3 is 0 Å². The van der Waals surface area contributed by atoms with Gasteiger partial charge in [0, 0.05) is 16.6 Å². The molecule has 3 aromatic rings. The van der Waals surface area contributed by atoms with E-state index in [9.17, 15) is 5.11 Å². The number of aliphatic hydroxyl groups is 1. The predicted molar refractivity (Wildman–Crippen MR) is 103 cm³/mol. The number of rotatable bonds is 2. The normalized spacial score (nSPS) is 29.1. The third-order valence-electron chi connectivity index (χ3n) is 5.81. The van der Waals surface area contributed by atoms with Gasteiger partial charge in [-0.3, -0.25) is 4.98 Å². The number of ether oxygens (including phenoxy) is 1. The molecule has 2 aliphatic rings. The molecule has 1 aromatic heterocycles. The minimum atomic E-state index is -1.14. The quantitative estimate of drug-likeness (QED) is 0.656. The zero-order chi connectivity index (χ0) is 17.8. The van der Waals surface area contributed by atoms with Crippen LogP contribution in [-0.4, -0.2) is 10.1 Å². The number of aromatic nitrogens is 1. The van der Waals surface area contributed by atoms with Gasteiger partial charge in [-0.15, -0.1) is 0 Å². The van der Waals surface area contributed by atoms with Crippen LogP contribution in [-0.2, 0) is 11.2 Å². The number of hydrogen-bond donors (Lipinski definition) is 1. The van der Waals surface area contributed by atoms with Crippen LogP contribution in [0.25, 0.3) is 0 Å². The SMILES string of the molecule is OC12CCC(c3ccccc3)C1(c1ccc(Br)cc1)Oc1cccnc12. The summed E-state index contributed by atoms with van der Waals surface area (Å²) in [5.74, 6) is 0.725. The fourth-order valence-corrected chi connectivity index (χ4v) is 4.98. The second-order valence-electron chi connectivity index (χ2n) is 7.06. The molecule has 0 radical (unpaired) electrons. The van der Waals surface area contributed by atoms with E-state index >= 15 is 0 Å². The summed E-state index contributed by atoms with van der Waals surface area (Å²) in [7, 11) is 0. The average Bonchev–Trinajstić information content (AvgIpc) is 3.11. The minimum absolute atomic E-state index is 0.0454. The maximum atomic E-state index is 11.9. The second-order valence-corrected chi connectivity index (χ2v) is 7.97. The zero-order valence-corrected chi connectivity index (χ0v) is 15.7. The Kier molecular flexibility index (Phi) is 3.49. The first-order chi connectivity index (χ1) is 12.6. The molecule has 130 valence electrons. The van der Waals surface area contributed by atoms with Crippen molar-refractivity contribution in [3.05, 3.63) is 94.2 Å². The topological polar surface area (TPSA) is 42.4 Å². The van der Waals surface area contributed by atoms with E-state index in [2.05, 4.69) is 33.0 Å². The first-order valence-electron chi connectivity index (χ1n) is 8.83. The lowest BCUT2D eigenvalue weighted by Gasteiger charge is -2.39. The van der Waals surface area contributed by atoms with Crippen LogP contribution >= 0.6 is 15.9 Å². The van der Waals surface area contributed by atoms with Crippen molar-refractivity contribution in [1.29, 1.82) is 0 Å². The van der Waals surface area contributed by atoms with Crippen molar-refractivity contribution >= 4 is 15.9 Å². The van der Waals surface area contributed by atoms with Gasteiger partial charge < -0.3 is 9.84 Å². The molecule has 26 heavy (non-hydrogen) atoms. The minimum Gasteiger partial charge on any atom is -0.476 e. The third-order valence-corrected chi connectivity index (χ3v) is 6.34. The Labute approximate surface area is 160 Å². The number of fused-ring (bicyclic) bond motifs is 3. The largest absolute Gasteiger partial charge is 0.476 e. The summed E-state index contributed by atoms with van der Waals surface area (Å²) in [6, 6.07) is 22.2. The van der Waals surface area contributed by atoms with Crippen LogP contribution in [0.15, 0.2) is 77.4 Å². The average molecular weight is 408 g/mol. The first-order valence-corrected chi connectivity index (χ1v) is 9.62. The molecule has 2 heterocycles. The highest BCUT2D eigenvalue weighted by atomic mass is 79.9. The molecule has 1 aliphatic heterocycles. The summed E-state index contributed by atoms with van der Waals surface area (Å²) in [5.41, 5.74) is 0.803. The van der Waals surface area contributed by atoms with E-state index in [0.29, 0.717) is 17.9 Å². The van der Waals surface area contributed by atoms with Crippen molar-refractivity contribution in [2.75, 3.05) is 0 Å². The van der Waals surface area contributed by atoms with Gasteiger partial charge in [0.2, 0.25) is 0 Å². The number of halogens is 1. The smallest absolute Gasteiger partial charge is 0.175 e. The summed E-state index contributed by atoms with van der Waals surface area (Å²) in [5, 5.41) is 11.9. The van der Waals surface area contributed by atoms with Crippen LogP contribution in [0.5, 0.6) is 5.75 Å². The summed E-state index contributed by atoms with van der Waals surface area (Å²) in [6.07, 6.45) is 3.19. The lowest BCUT2D eigenvalue weighted by Crippen LogP contribution is -2.48. The molecule has 1 N–H and O–H groups in total. The highest BCUT2D eigenvalue weighted by Gasteiger charge is 2.69. The van der Waals surface area contributed by atoms with Gasteiger partial charge in [-0.05, 0) is 48.2 Å². The Morgan fingerprint density at radius 1 is 1.00 bits per heavy atom. The van der Waals surface area contributed by atoms with Gasteiger partial charge in [-0.1, -0.05) is 58.4 Å². The van der Waals surface area contributed by atoms with Crippen molar-refractivity contribution in [3.63, 3.8) is 0 Å². The molecule has 1 aliphatic carbocycles. The fraction of sp³-hybridized carbons (Fsp3) is 0.227. The Morgan fingerprint density at radius 2 is 1.77 bits per heavy atom. The van der Waals surface area contributed by atoms with Crippen molar-refractivity contribution in [2.24, 2.45) is 0 Å². The maximum absolute atomic E-state index is 11.9. The monoisotopic (exact) mass is 407 g/mol. The van der Waals surface area contributed by atoms with E-state index < -0.39 is 11.2 Å². The lowest BCUT2D eigenvalue weighted by molar-refractivity contribution is -0.107. The van der Waals surface area contributed by atoms with Crippen LogP contribution in [0.3, 0.4) is 0 Å². The van der Waals surface area contributed by atoms with E-state index in [1.807, 2.05) is 54.6 Å². The van der Waals surface area contributed by atoms with Gasteiger partial charge in [0.05, 0.1) is 0 Å². The van der Waals surface area contributed by atoms with Crippen LogP contribution in [0.4, 0.5) is 0 Å². The lowest BCUT2D eigenvalue weighted by atomic mass is 9.73. The standard InChI is InChI=1S/C22H18BrNO2/c23-17-10-8-16(9-11-17)22-18(15-5-2-1-3-6-15)12-13-21(22,25)20-19(26-22)7-4-14-24-20/h1-11,14,18,25H,12-13H2. The Bertz CT molecular complexity index is 959. The maximum Gasteiger partial charge on any atom is 0.175 e. The molecule has 2 aromatic carbocycles. The molecule has 0 bridgehead atoms. The predicted octanol–water partition coefficient (Wildman–Crippen LogP) is 4.90. The molecule has 3 nitrogen and oxygen atoms in total. The third kappa shape index (κ3) is 2.00. The molecule has 1 saturated carbocycles. The Morgan fingerprint density at radius 3 is 2.54 bits per heavy atom. The fourth-order valence-electron chi connectivity index (χ4n) is 4.72. The second kappa shape index (κ2) is 5.66. The van der Waals surface area contributed by atoms with Crippen LogP contribution < -0.4 is 4.74 Å². The Hall–Kier alpha value is -2.17. The highest BCUT2D eigenvalue weighted by molar-refractivity contribution is 9.10. The van der Waals surface area contributed by atoms with Gasteiger partial charge in [0.25, 0.3) is 0 Å². The van der Waals surface area contributed by atoms with E-state index in [0.717, 1.165) is 16.5 Å². The summed E-state index contributed by atoms with van der Waals surface area (Å²) in [6.45, 7) is 0. The van der Waals surface area contributed by atoms with Crippen molar-refractivity contribution in [2.45, 2.75) is 30.0 Å². The summed E-state index contributed by atoms with van der Waals surface area (Å²) >= 11 is 3.51. The van der Waals surface area contributed by atoms with Gasteiger partial charge in [-0.2, -0.15) is 0 Å². The van der Waals surface area contributed by atoms with E-state index in [1.165, 1.54) is 5.56 Å². The van der Waals surface area contributed by atoms with Crippen molar-refractivity contribution < 1.29 is 9.84 Å². The highest BCUT2D eigenvalue weighted by Crippen LogP contribution is 2.65.